The molecule has 0 aliphatic rings. The van der Waals surface area contributed by atoms with Crippen molar-refractivity contribution >= 4 is 11.0 Å². The maximum Gasteiger partial charge on any atom is 0.149 e. The van der Waals surface area contributed by atoms with Gasteiger partial charge in [-0.3, -0.25) is 9.55 Å². The summed E-state index contributed by atoms with van der Waals surface area (Å²) in [5, 5.41) is 12.9. The second-order valence-corrected chi connectivity index (χ2v) is 22.9. The van der Waals surface area contributed by atoms with Crippen molar-refractivity contribution in [2.75, 3.05) is 0 Å². The Kier molecular flexibility index (Phi) is 9.66. The van der Waals surface area contributed by atoms with E-state index in [1.807, 2.05) is 114 Å². The van der Waals surface area contributed by atoms with Crippen LogP contribution in [-0.2, 0) is 21.7 Å². The van der Waals surface area contributed by atoms with Crippen molar-refractivity contribution in [3.63, 3.8) is 0 Å². The van der Waals surface area contributed by atoms with Crippen LogP contribution in [0.2, 0.25) is 0 Å². The van der Waals surface area contributed by atoms with Gasteiger partial charge in [0, 0.05) is 44.9 Å². The number of fused-ring (bicyclic) bond motifs is 1. The molecular formula is C71H71N3O. The molecule has 1 N–H and O–H groups in total. The van der Waals surface area contributed by atoms with Crippen LogP contribution in [0.3, 0.4) is 0 Å². The molecule has 0 amide bonds. The highest BCUT2D eigenvalue weighted by Gasteiger charge is 2.30. The van der Waals surface area contributed by atoms with Crippen LogP contribution in [-0.4, -0.2) is 19.6 Å². The molecule has 2 aromatic heterocycles. The first-order chi connectivity index (χ1) is 40.5. The van der Waals surface area contributed by atoms with Gasteiger partial charge < -0.3 is 5.11 Å². The molecule has 0 unspecified atom stereocenters. The van der Waals surface area contributed by atoms with Gasteiger partial charge in [0.2, 0.25) is 0 Å². The van der Waals surface area contributed by atoms with Crippen LogP contribution in [0.15, 0.2) is 188 Å². The molecule has 0 fully saturated rings. The number of aromatic hydroxyl groups is 1. The summed E-state index contributed by atoms with van der Waals surface area (Å²) in [6.07, 6.45) is 1.65. The minimum Gasteiger partial charge on any atom is -0.507 e. The van der Waals surface area contributed by atoms with Crippen molar-refractivity contribution in [2.45, 2.75) is 111 Å². The fraction of sp³-hybridized carbons (Fsp3) is 0.239. The first-order valence-corrected chi connectivity index (χ1v) is 25.5. The van der Waals surface area contributed by atoms with Crippen LogP contribution in [0.1, 0.15) is 127 Å². The van der Waals surface area contributed by atoms with E-state index in [0.29, 0.717) is 50.5 Å². The summed E-state index contributed by atoms with van der Waals surface area (Å²) < 4.78 is 104. The normalized spacial score (nSPS) is 15.4. The summed E-state index contributed by atoms with van der Waals surface area (Å²) in [6, 6.07) is 57.1. The molecule has 0 saturated heterocycles. The maximum absolute atomic E-state index is 12.9. The zero-order valence-electron chi connectivity index (χ0n) is 56.2. The predicted molar refractivity (Wildman–Crippen MR) is 318 cm³/mol. The summed E-state index contributed by atoms with van der Waals surface area (Å²) in [6.45, 7) is 6.31. The molecule has 0 aliphatic carbocycles. The third-order valence-corrected chi connectivity index (χ3v) is 14.3. The number of imidazole rings is 1. The van der Waals surface area contributed by atoms with Crippen molar-refractivity contribution in [3.05, 3.63) is 216 Å². The molecule has 4 heteroatoms. The molecule has 10 aromatic rings. The summed E-state index contributed by atoms with van der Waals surface area (Å²) >= 11 is 0. The first kappa shape index (κ1) is 37.8. The lowest BCUT2D eigenvalue weighted by atomic mass is 9.79. The van der Waals surface area contributed by atoms with Crippen LogP contribution in [0.25, 0.3) is 95.0 Å². The summed E-state index contributed by atoms with van der Waals surface area (Å²) in [5.74, 6) is 0.457. The molecule has 4 nitrogen and oxygen atoms in total. The van der Waals surface area contributed by atoms with E-state index >= 15 is 0 Å². The van der Waals surface area contributed by atoms with Crippen molar-refractivity contribution in [1.82, 2.24) is 14.5 Å². The summed E-state index contributed by atoms with van der Waals surface area (Å²) in [4.78, 5) is 10.5. The Labute approximate surface area is 462 Å². The topological polar surface area (TPSA) is 50.9 Å². The molecule has 0 radical (unpaired) electrons. The van der Waals surface area contributed by atoms with E-state index in [9.17, 15) is 5.11 Å². The van der Waals surface area contributed by atoms with Crippen molar-refractivity contribution in [1.29, 1.82) is 0 Å². The molecule has 0 spiro atoms. The lowest BCUT2D eigenvalue weighted by Crippen LogP contribution is -2.17. The molecule has 75 heavy (non-hydrogen) atoms. The fourth-order valence-electron chi connectivity index (χ4n) is 9.99. The molecule has 0 atom stereocenters. The van der Waals surface area contributed by atoms with Crippen LogP contribution >= 0.6 is 0 Å². The van der Waals surface area contributed by atoms with E-state index in [1.54, 1.807) is 18.3 Å². The van der Waals surface area contributed by atoms with E-state index in [2.05, 4.69) is 98.7 Å². The SMILES string of the molecule is [2H]C([2H])([2H])c1cc(-n2c(-c3cc(C(C)(C)C)cc(C(C)(C)C)c3O)nc3c(-c4cc(-c5ccccc5)cc(-c5cc(-c6ccc(C(C([2H])([2H])[2H])(C([2H])([2H])[2H])C([2H])([2H])[2H])cc6)ccn5)c4)cccc32)c(-c2ccc(C(C)(C)C)cc2)cc1-c1ccccc1. The summed E-state index contributed by atoms with van der Waals surface area (Å²) in [7, 11) is 0. The number of pyridine rings is 1. The number of rotatable bonds is 8. The Hall–Kier alpha value is -7.82. The fourth-order valence-corrected chi connectivity index (χ4v) is 9.99. The number of benzene rings is 8. The number of phenolic OH excluding ortho intramolecular Hbond substituents is 1. The second kappa shape index (κ2) is 19.1. The molecule has 2 heterocycles. The van der Waals surface area contributed by atoms with Gasteiger partial charge in [-0.2, -0.15) is 0 Å². The number of nitrogens with zero attached hydrogens (tertiary/aromatic N) is 3. The highest BCUT2D eigenvalue weighted by Crippen LogP contribution is 2.47. The van der Waals surface area contributed by atoms with E-state index in [4.69, 9.17) is 26.4 Å². The van der Waals surface area contributed by atoms with E-state index < -0.39 is 38.2 Å². The van der Waals surface area contributed by atoms with Gasteiger partial charge in [0.05, 0.1) is 28.0 Å². The molecule has 10 rings (SSSR count). The van der Waals surface area contributed by atoms with Crippen LogP contribution in [0.5, 0.6) is 5.75 Å². The zero-order valence-corrected chi connectivity index (χ0v) is 44.2. The number of phenols is 1. The average Bonchev–Trinajstić information content (AvgIpc) is 1.80. The number of hydrogen-bond acceptors (Lipinski definition) is 3. The highest BCUT2D eigenvalue weighted by molar-refractivity contribution is 5.99. The van der Waals surface area contributed by atoms with Gasteiger partial charge in [-0.15, -0.1) is 0 Å². The van der Waals surface area contributed by atoms with Crippen LogP contribution < -0.4 is 0 Å². The molecule has 8 aromatic carbocycles. The van der Waals surface area contributed by atoms with Gasteiger partial charge >= 0.3 is 0 Å². The monoisotopic (exact) mass is 994 g/mol. The van der Waals surface area contributed by atoms with E-state index in [0.717, 1.165) is 61.2 Å². The van der Waals surface area contributed by atoms with Crippen molar-refractivity contribution < 1.29 is 21.6 Å². The van der Waals surface area contributed by atoms with E-state index in [1.165, 1.54) is 24.3 Å². The lowest BCUT2D eigenvalue weighted by molar-refractivity contribution is 0.446. The van der Waals surface area contributed by atoms with Gasteiger partial charge in [0.15, 0.2) is 0 Å². The minimum absolute atomic E-state index is 0.0572. The smallest absolute Gasteiger partial charge is 0.149 e. The molecule has 0 aliphatic heterocycles. The Morgan fingerprint density at radius 1 is 0.427 bits per heavy atom. The van der Waals surface area contributed by atoms with Crippen molar-refractivity contribution in [3.8, 4) is 89.7 Å². The zero-order chi connectivity index (χ0) is 63.2. The Bertz CT molecular complexity index is 4160. The summed E-state index contributed by atoms with van der Waals surface area (Å²) in [5.41, 5.74) is 9.36. The van der Waals surface area contributed by atoms with Crippen LogP contribution in [0.4, 0.5) is 0 Å². The molecule has 376 valence electrons. The van der Waals surface area contributed by atoms with Gasteiger partial charge in [-0.1, -0.05) is 210 Å². The third kappa shape index (κ3) is 10.1. The molecular weight excluding hydrogens is 911 g/mol. The second-order valence-electron chi connectivity index (χ2n) is 22.9. The van der Waals surface area contributed by atoms with E-state index in [-0.39, 0.29) is 27.7 Å². The van der Waals surface area contributed by atoms with Gasteiger partial charge in [0.1, 0.15) is 11.6 Å². The average molecular weight is 994 g/mol. The quantitative estimate of drug-likeness (QED) is 0.165. The minimum atomic E-state index is -3.41. The maximum atomic E-state index is 12.9. The Morgan fingerprint density at radius 3 is 1.64 bits per heavy atom. The lowest BCUT2D eigenvalue weighted by Gasteiger charge is -2.28. The number of hydrogen-bond donors (Lipinski definition) is 1. The molecule has 0 bridgehead atoms. The third-order valence-electron chi connectivity index (χ3n) is 14.3. The Morgan fingerprint density at radius 2 is 1.01 bits per heavy atom. The van der Waals surface area contributed by atoms with Gasteiger partial charge in [-0.25, -0.2) is 4.98 Å². The largest absolute Gasteiger partial charge is 0.507 e. The highest BCUT2D eigenvalue weighted by atomic mass is 16.3. The van der Waals surface area contributed by atoms with Gasteiger partial charge in [0.25, 0.3) is 0 Å². The number of aryl methyl sites for hydroxylation is 1. The molecule has 0 saturated carbocycles. The van der Waals surface area contributed by atoms with Crippen LogP contribution in [0, 0.1) is 6.85 Å². The number of para-hydroxylation sites is 1. The number of aromatic nitrogens is 3. The van der Waals surface area contributed by atoms with Crippen molar-refractivity contribution in [2.24, 2.45) is 0 Å². The van der Waals surface area contributed by atoms with Gasteiger partial charge in [-0.05, 0) is 150 Å². The Balaban J connectivity index is 1.26. The predicted octanol–water partition coefficient (Wildman–Crippen LogP) is 19.3. The standard InChI is InChI=1S/C71H71N3O/c1-45-37-64(59(44-58(45)48-23-18-15-19-24-48)49-29-33-55(34-30-49)69(5,6)7)74-63-26-20-25-57(65(63)73-67(74)60-42-56(70(8,9)10)43-61(66(60)75)71(11,12)13)52-38-51(46-21-16-14-17-22-46)39-53(40-52)62-41-50(35-36-72-62)47-27-31-54(32-28-47)68(2,3)4/h14-44,75H,1-13H3/i1D3,2D3,3D3,4D3. The first-order valence-electron chi connectivity index (χ1n) is 31.5.